The molecule has 4 atom stereocenters. The van der Waals surface area contributed by atoms with Gasteiger partial charge in [-0.05, 0) is 82.1 Å². The van der Waals surface area contributed by atoms with E-state index in [4.69, 9.17) is 0 Å². The highest BCUT2D eigenvalue weighted by Crippen LogP contribution is 2.34. The van der Waals surface area contributed by atoms with Gasteiger partial charge in [-0.25, -0.2) is 0 Å². The molecule has 2 saturated heterocycles. The second-order valence-electron chi connectivity index (χ2n) is 11.1. The lowest BCUT2D eigenvalue weighted by atomic mass is 9.73. The standard InChI is InChI=1S/C13H27N.C12H25N/c1-9(2)13-11(5)7-14(10(3)4)8-12(13)6;1-9(2)12-6-7-13(10(3)4)8-11(12)5/h9-13H,7-8H2,1-6H3;9-12H,6-8H2,1-5H3. The zero-order valence-corrected chi connectivity index (χ0v) is 20.6. The van der Waals surface area contributed by atoms with Crippen molar-refractivity contribution in [2.45, 2.75) is 94.7 Å². The molecule has 0 aromatic rings. The van der Waals surface area contributed by atoms with Gasteiger partial charge in [0, 0.05) is 31.7 Å². The molecule has 162 valence electrons. The first-order chi connectivity index (χ1) is 12.5. The zero-order valence-electron chi connectivity index (χ0n) is 20.6. The number of rotatable bonds is 4. The van der Waals surface area contributed by atoms with Crippen LogP contribution in [0.15, 0.2) is 0 Å². The molecule has 0 radical (unpaired) electrons. The van der Waals surface area contributed by atoms with Crippen LogP contribution in [0.25, 0.3) is 0 Å². The summed E-state index contributed by atoms with van der Waals surface area (Å²) in [6.07, 6.45) is 1.40. The topological polar surface area (TPSA) is 6.48 Å². The van der Waals surface area contributed by atoms with Crippen molar-refractivity contribution in [1.82, 2.24) is 9.80 Å². The normalized spacial score (nSPS) is 33.7. The van der Waals surface area contributed by atoms with E-state index in [9.17, 15) is 0 Å². The summed E-state index contributed by atoms with van der Waals surface area (Å²) in [6, 6.07) is 1.45. The van der Waals surface area contributed by atoms with Gasteiger partial charge in [0.25, 0.3) is 0 Å². The first kappa shape index (κ1) is 25.0. The van der Waals surface area contributed by atoms with Crippen molar-refractivity contribution in [2.24, 2.45) is 41.4 Å². The highest BCUT2D eigenvalue weighted by molar-refractivity contribution is 4.85. The predicted octanol–water partition coefficient (Wildman–Crippen LogP) is 6.26. The molecular formula is C25H52N2. The molecule has 2 heterocycles. The molecule has 0 bridgehead atoms. The fourth-order valence-corrected chi connectivity index (χ4v) is 6.01. The van der Waals surface area contributed by atoms with Gasteiger partial charge in [0.2, 0.25) is 0 Å². The maximum atomic E-state index is 2.63. The molecule has 0 aromatic heterocycles. The van der Waals surface area contributed by atoms with Crippen LogP contribution in [-0.4, -0.2) is 48.1 Å². The second-order valence-corrected chi connectivity index (χ2v) is 11.1. The maximum absolute atomic E-state index is 2.63. The molecule has 2 aliphatic rings. The third-order valence-electron chi connectivity index (χ3n) is 7.45. The summed E-state index contributed by atoms with van der Waals surface area (Å²) in [7, 11) is 0. The SMILES string of the molecule is CC(C)C1C(C)CN(C(C)C)CC1C.CC(C)C1CCN(C(C)C)CC1C. The van der Waals surface area contributed by atoms with Gasteiger partial charge >= 0.3 is 0 Å². The molecule has 27 heavy (non-hydrogen) atoms. The van der Waals surface area contributed by atoms with Crippen LogP contribution in [0.3, 0.4) is 0 Å². The molecule has 0 N–H and O–H groups in total. The van der Waals surface area contributed by atoms with Crippen LogP contribution in [0.5, 0.6) is 0 Å². The van der Waals surface area contributed by atoms with E-state index in [0.29, 0.717) is 6.04 Å². The van der Waals surface area contributed by atoms with Gasteiger partial charge < -0.3 is 9.80 Å². The van der Waals surface area contributed by atoms with Crippen molar-refractivity contribution in [3.63, 3.8) is 0 Å². The number of nitrogens with zero attached hydrogens (tertiary/aromatic N) is 2. The van der Waals surface area contributed by atoms with E-state index in [1.54, 1.807) is 0 Å². The number of piperidine rings is 2. The van der Waals surface area contributed by atoms with Crippen LogP contribution in [0.2, 0.25) is 0 Å². The summed E-state index contributed by atoms with van der Waals surface area (Å²) in [5, 5.41) is 0. The van der Waals surface area contributed by atoms with Gasteiger partial charge in [0.1, 0.15) is 0 Å². The predicted molar refractivity (Wildman–Crippen MR) is 122 cm³/mol. The van der Waals surface area contributed by atoms with Crippen LogP contribution in [0.4, 0.5) is 0 Å². The molecule has 2 nitrogen and oxygen atoms in total. The molecule has 2 heteroatoms. The highest BCUT2D eigenvalue weighted by Gasteiger charge is 2.34. The lowest BCUT2D eigenvalue weighted by Crippen LogP contribution is -2.48. The number of hydrogen-bond donors (Lipinski definition) is 0. The Bertz CT molecular complexity index is 389. The van der Waals surface area contributed by atoms with Crippen molar-refractivity contribution in [2.75, 3.05) is 26.2 Å². The second kappa shape index (κ2) is 11.2. The van der Waals surface area contributed by atoms with Crippen molar-refractivity contribution in [3.8, 4) is 0 Å². The molecule has 2 rings (SSSR count). The quantitative estimate of drug-likeness (QED) is 0.567. The first-order valence-corrected chi connectivity index (χ1v) is 11.9. The van der Waals surface area contributed by atoms with Crippen LogP contribution in [0, 0.1) is 41.4 Å². The van der Waals surface area contributed by atoms with Gasteiger partial charge in [0.15, 0.2) is 0 Å². The van der Waals surface area contributed by atoms with Gasteiger partial charge in [0.05, 0.1) is 0 Å². The summed E-state index contributed by atoms with van der Waals surface area (Å²) in [6.45, 7) is 31.2. The molecule has 0 amide bonds. The van der Waals surface area contributed by atoms with Crippen LogP contribution in [-0.2, 0) is 0 Å². The largest absolute Gasteiger partial charge is 0.301 e. The Balaban J connectivity index is 0.000000271. The third kappa shape index (κ3) is 7.35. The Morgan fingerprint density at radius 2 is 1.04 bits per heavy atom. The molecule has 0 aliphatic carbocycles. The smallest absolute Gasteiger partial charge is 0.00388 e. The molecule has 0 aromatic carbocycles. The monoisotopic (exact) mass is 380 g/mol. The average molecular weight is 381 g/mol. The van der Waals surface area contributed by atoms with Crippen molar-refractivity contribution in [3.05, 3.63) is 0 Å². The minimum absolute atomic E-state index is 0.716. The number of hydrogen-bond acceptors (Lipinski definition) is 2. The first-order valence-electron chi connectivity index (χ1n) is 11.9. The maximum Gasteiger partial charge on any atom is 0.00388 e. The Morgan fingerprint density at radius 1 is 0.593 bits per heavy atom. The van der Waals surface area contributed by atoms with Crippen molar-refractivity contribution < 1.29 is 0 Å². The summed E-state index contributed by atoms with van der Waals surface area (Å²) in [4.78, 5) is 5.25. The number of likely N-dealkylation sites (tertiary alicyclic amines) is 2. The molecule has 2 fully saturated rings. The van der Waals surface area contributed by atoms with E-state index in [1.165, 1.54) is 32.6 Å². The fraction of sp³-hybridized carbons (Fsp3) is 1.00. The lowest BCUT2D eigenvalue weighted by molar-refractivity contribution is 0.0341. The van der Waals surface area contributed by atoms with Crippen molar-refractivity contribution in [1.29, 1.82) is 0 Å². The Kier molecular flexibility index (Phi) is 10.3. The van der Waals surface area contributed by atoms with Gasteiger partial charge in [-0.1, -0.05) is 48.5 Å². The van der Waals surface area contributed by atoms with Gasteiger partial charge in [-0.2, -0.15) is 0 Å². The molecule has 4 unspecified atom stereocenters. The van der Waals surface area contributed by atoms with Crippen LogP contribution < -0.4 is 0 Å². The van der Waals surface area contributed by atoms with E-state index in [2.05, 4.69) is 86.0 Å². The zero-order chi connectivity index (χ0) is 20.9. The summed E-state index contributed by atoms with van der Waals surface area (Å²) in [5.41, 5.74) is 0. The van der Waals surface area contributed by atoms with E-state index in [1.807, 2.05) is 0 Å². The Morgan fingerprint density at radius 3 is 1.37 bits per heavy atom. The summed E-state index contributed by atoms with van der Waals surface area (Å²) >= 11 is 0. The molecular weight excluding hydrogens is 328 g/mol. The molecule has 0 spiro atoms. The van der Waals surface area contributed by atoms with Gasteiger partial charge in [-0.15, -0.1) is 0 Å². The molecule has 0 saturated carbocycles. The van der Waals surface area contributed by atoms with E-state index < -0.39 is 0 Å². The van der Waals surface area contributed by atoms with E-state index >= 15 is 0 Å². The van der Waals surface area contributed by atoms with E-state index in [0.717, 1.165) is 47.5 Å². The van der Waals surface area contributed by atoms with Crippen LogP contribution in [0.1, 0.15) is 82.6 Å². The lowest BCUT2D eigenvalue weighted by Gasteiger charge is -2.45. The minimum Gasteiger partial charge on any atom is -0.301 e. The fourth-order valence-electron chi connectivity index (χ4n) is 6.01. The van der Waals surface area contributed by atoms with E-state index in [-0.39, 0.29) is 0 Å². The minimum atomic E-state index is 0.716. The third-order valence-corrected chi connectivity index (χ3v) is 7.45. The highest BCUT2D eigenvalue weighted by atomic mass is 15.2. The van der Waals surface area contributed by atoms with Crippen molar-refractivity contribution >= 4 is 0 Å². The summed E-state index contributed by atoms with van der Waals surface area (Å²) < 4.78 is 0. The van der Waals surface area contributed by atoms with Gasteiger partial charge in [-0.3, -0.25) is 0 Å². The average Bonchev–Trinajstić information content (AvgIpc) is 2.53. The Labute approximate surface area is 172 Å². The van der Waals surface area contributed by atoms with Crippen LogP contribution >= 0.6 is 0 Å². The summed E-state index contributed by atoms with van der Waals surface area (Å²) in [5.74, 6) is 6.19. The molecule has 2 aliphatic heterocycles. The Hall–Kier alpha value is -0.0800.